The van der Waals surface area contributed by atoms with Crippen molar-refractivity contribution in [3.8, 4) is 0 Å². The van der Waals surface area contributed by atoms with Gasteiger partial charge in [-0.3, -0.25) is 14.8 Å². The van der Waals surface area contributed by atoms with E-state index in [1.165, 1.54) is 12.1 Å². The highest BCUT2D eigenvalue weighted by Crippen LogP contribution is 2.31. The van der Waals surface area contributed by atoms with Crippen LogP contribution in [0.2, 0.25) is 0 Å². The highest BCUT2D eigenvalue weighted by atomic mass is 16.2. The molecule has 116 valence electrons. The van der Waals surface area contributed by atoms with Crippen molar-refractivity contribution in [2.45, 2.75) is 38.1 Å². The molecule has 1 saturated heterocycles. The molecule has 5 nitrogen and oxygen atoms in total. The van der Waals surface area contributed by atoms with Gasteiger partial charge >= 0.3 is 0 Å². The SMILES string of the molecule is Cn1cccc1C1CCCCN1C(=O)CCc1cnccn1. The lowest BCUT2D eigenvalue weighted by atomic mass is 9.98. The molecule has 1 aliphatic heterocycles. The number of rotatable bonds is 4. The van der Waals surface area contributed by atoms with E-state index < -0.39 is 0 Å². The third-order valence-corrected chi connectivity index (χ3v) is 4.36. The van der Waals surface area contributed by atoms with Crippen LogP contribution in [0.4, 0.5) is 0 Å². The smallest absolute Gasteiger partial charge is 0.223 e. The van der Waals surface area contributed by atoms with Crippen LogP contribution in [0.3, 0.4) is 0 Å². The molecule has 0 aliphatic carbocycles. The Morgan fingerprint density at radius 3 is 3.00 bits per heavy atom. The van der Waals surface area contributed by atoms with Crippen molar-refractivity contribution in [3.05, 3.63) is 48.3 Å². The number of likely N-dealkylation sites (tertiary alicyclic amines) is 1. The molecule has 0 N–H and O–H groups in total. The fourth-order valence-corrected chi connectivity index (χ4v) is 3.20. The molecule has 3 heterocycles. The minimum absolute atomic E-state index is 0.211. The topological polar surface area (TPSA) is 51.0 Å². The summed E-state index contributed by atoms with van der Waals surface area (Å²) < 4.78 is 2.12. The van der Waals surface area contributed by atoms with Crippen molar-refractivity contribution in [1.82, 2.24) is 19.4 Å². The Balaban J connectivity index is 1.68. The molecule has 0 spiro atoms. The number of hydrogen-bond acceptors (Lipinski definition) is 3. The number of amides is 1. The van der Waals surface area contributed by atoms with Gasteiger partial charge in [-0.15, -0.1) is 0 Å². The number of aryl methyl sites for hydroxylation is 2. The van der Waals surface area contributed by atoms with Gasteiger partial charge in [0.25, 0.3) is 0 Å². The molecule has 0 saturated carbocycles. The highest BCUT2D eigenvalue weighted by Gasteiger charge is 2.28. The van der Waals surface area contributed by atoms with Gasteiger partial charge in [-0.2, -0.15) is 0 Å². The Morgan fingerprint density at radius 2 is 2.27 bits per heavy atom. The molecule has 1 unspecified atom stereocenters. The maximum atomic E-state index is 12.7. The zero-order valence-electron chi connectivity index (χ0n) is 13.0. The van der Waals surface area contributed by atoms with Crippen LogP contribution in [0.25, 0.3) is 0 Å². The second-order valence-electron chi connectivity index (χ2n) is 5.84. The summed E-state index contributed by atoms with van der Waals surface area (Å²) in [5.74, 6) is 0.219. The first-order valence-corrected chi connectivity index (χ1v) is 7.91. The summed E-state index contributed by atoms with van der Waals surface area (Å²) in [6, 6.07) is 4.38. The molecule has 1 amide bonds. The Hall–Kier alpha value is -2.17. The van der Waals surface area contributed by atoms with Crippen LogP contribution < -0.4 is 0 Å². The van der Waals surface area contributed by atoms with Gasteiger partial charge in [-0.25, -0.2) is 0 Å². The molecule has 2 aromatic heterocycles. The average molecular weight is 298 g/mol. The minimum Gasteiger partial charge on any atom is -0.353 e. The third kappa shape index (κ3) is 3.18. The van der Waals surface area contributed by atoms with Crippen molar-refractivity contribution in [3.63, 3.8) is 0 Å². The molecule has 22 heavy (non-hydrogen) atoms. The number of carbonyl (C=O) groups excluding carboxylic acids is 1. The largest absolute Gasteiger partial charge is 0.353 e. The standard InChI is InChI=1S/C17H22N4O/c1-20-11-4-6-15(20)16-5-2-3-12-21(16)17(22)8-7-14-13-18-9-10-19-14/h4,6,9-11,13,16H,2-3,5,7-8,12H2,1H3. The van der Waals surface area contributed by atoms with Crippen LogP contribution in [-0.4, -0.2) is 31.9 Å². The first-order chi connectivity index (χ1) is 10.8. The maximum Gasteiger partial charge on any atom is 0.223 e. The quantitative estimate of drug-likeness (QED) is 0.871. The first-order valence-electron chi connectivity index (χ1n) is 7.91. The minimum atomic E-state index is 0.211. The molecule has 1 aliphatic rings. The lowest BCUT2D eigenvalue weighted by Gasteiger charge is -2.36. The average Bonchev–Trinajstić information content (AvgIpc) is 2.99. The van der Waals surface area contributed by atoms with E-state index in [2.05, 4.69) is 25.5 Å². The van der Waals surface area contributed by atoms with Crippen LogP contribution in [0.15, 0.2) is 36.9 Å². The van der Waals surface area contributed by atoms with Crippen molar-refractivity contribution in [2.75, 3.05) is 6.54 Å². The molecule has 1 atom stereocenters. The van der Waals surface area contributed by atoms with E-state index >= 15 is 0 Å². The van der Waals surface area contributed by atoms with Crippen LogP contribution in [0.5, 0.6) is 0 Å². The van der Waals surface area contributed by atoms with E-state index in [0.717, 1.165) is 25.1 Å². The van der Waals surface area contributed by atoms with Crippen LogP contribution in [-0.2, 0) is 18.3 Å². The van der Waals surface area contributed by atoms with E-state index in [1.807, 2.05) is 19.3 Å². The molecule has 0 radical (unpaired) electrons. The third-order valence-electron chi connectivity index (χ3n) is 4.36. The van der Waals surface area contributed by atoms with Gasteiger partial charge in [0, 0.05) is 50.5 Å². The number of piperidine rings is 1. The van der Waals surface area contributed by atoms with E-state index in [4.69, 9.17) is 0 Å². The van der Waals surface area contributed by atoms with Gasteiger partial charge in [-0.1, -0.05) is 0 Å². The summed E-state index contributed by atoms with van der Waals surface area (Å²) in [6.45, 7) is 0.856. The van der Waals surface area contributed by atoms with E-state index in [9.17, 15) is 4.79 Å². The molecule has 1 fully saturated rings. The molecule has 0 aromatic carbocycles. The lowest BCUT2D eigenvalue weighted by Crippen LogP contribution is -2.39. The summed E-state index contributed by atoms with van der Waals surface area (Å²) >= 11 is 0. The van der Waals surface area contributed by atoms with E-state index in [1.54, 1.807) is 18.6 Å². The number of aromatic nitrogens is 3. The Kier molecular flexibility index (Phi) is 4.51. The molecular formula is C17H22N4O. The normalized spacial score (nSPS) is 18.4. The molecule has 2 aromatic rings. The van der Waals surface area contributed by atoms with Gasteiger partial charge in [0.1, 0.15) is 0 Å². The highest BCUT2D eigenvalue weighted by molar-refractivity contribution is 5.77. The van der Waals surface area contributed by atoms with Crippen LogP contribution >= 0.6 is 0 Å². The second-order valence-corrected chi connectivity index (χ2v) is 5.84. The van der Waals surface area contributed by atoms with Crippen molar-refractivity contribution in [2.24, 2.45) is 7.05 Å². The second kappa shape index (κ2) is 6.73. The molecule has 5 heteroatoms. The predicted octanol–water partition coefficient (Wildman–Crippen LogP) is 2.50. The number of carbonyl (C=O) groups is 1. The van der Waals surface area contributed by atoms with Crippen LogP contribution in [0.1, 0.15) is 43.1 Å². The number of hydrogen-bond donors (Lipinski definition) is 0. The van der Waals surface area contributed by atoms with Gasteiger partial charge in [-0.05, 0) is 37.8 Å². The zero-order valence-corrected chi connectivity index (χ0v) is 13.0. The number of nitrogens with zero attached hydrogens (tertiary/aromatic N) is 4. The van der Waals surface area contributed by atoms with Crippen molar-refractivity contribution < 1.29 is 4.79 Å². The van der Waals surface area contributed by atoms with Crippen molar-refractivity contribution >= 4 is 5.91 Å². The summed E-state index contributed by atoms with van der Waals surface area (Å²) in [7, 11) is 2.05. The first kappa shape index (κ1) is 14.8. The van der Waals surface area contributed by atoms with Gasteiger partial charge in [0.2, 0.25) is 5.91 Å². The Bertz CT molecular complexity index is 623. The van der Waals surface area contributed by atoms with Crippen LogP contribution in [0, 0.1) is 0 Å². The molecule has 0 bridgehead atoms. The zero-order chi connectivity index (χ0) is 15.4. The molecular weight excluding hydrogens is 276 g/mol. The Morgan fingerprint density at radius 1 is 1.36 bits per heavy atom. The fraction of sp³-hybridized carbons (Fsp3) is 0.471. The summed E-state index contributed by atoms with van der Waals surface area (Å²) in [6.07, 6.45) is 11.6. The predicted molar refractivity (Wildman–Crippen MR) is 84.1 cm³/mol. The summed E-state index contributed by atoms with van der Waals surface area (Å²) in [5, 5.41) is 0. The van der Waals surface area contributed by atoms with Crippen molar-refractivity contribution in [1.29, 1.82) is 0 Å². The fourth-order valence-electron chi connectivity index (χ4n) is 3.20. The van der Waals surface area contributed by atoms with E-state index in [0.29, 0.717) is 12.8 Å². The van der Waals surface area contributed by atoms with Gasteiger partial charge < -0.3 is 9.47 Å². The monoisotopic (exact) mass is 298 g/mol. The maximum absolute atomic E-state index is 12.7. The summed E-state index contributed by atoms with van der Waals surface area (Å²) in [4.78, 5) is 23.0. The van der Waals surface area contributed by atoms with Gasteiger partial charge in [0.15, 0.2) is 0 Å². The Labute approximate surface area is 131 Å². The summed E-state index contributed by atoms with van der Waals surface area (Å²) in [5.41, 5.74) is 2.11. The lowest BCUT2D eigenvalue weighted by molar-refractivity contribution is -0.135. The van der Waals surface area contributed by atoms with Gasteiger partial charge in [0.05, 0.1) is 11.7 Å². The molecule has 3 rings (SSSR count). The van der Waals surface area contributed by atoms with E-state index in [-0.39, 0.29) is 11.9 Å².